The van der Waals surface area contributed by atoms with Crippen LogP contribution in [-0.2, 0) is 16.0 Å². The van der Waals surface area contributed by atoms with Gasteiger partial charge in [0.05, 0.1) is 0 Å². The zero-order valence-corrected chi connectivity index (χ0v) is 12.1. The van der Waals surface area contributed by atoms with E-state index in [1.165, 1.54) is 18.2 Å². The molecule has 1 atom stereocenters. The third-order valence-electron chi connectivity index (χ3n) is 2.43. The number of anilines is 1. The maximum atomic E-state index is 11.6. The highest BCUT2D eigenvalue weighted by atomic mass is 16.6. The van der Waals surface area contributed by atoms with Crippen LogP contribution in [0.15, 0.2) is 18.2 Å². The van der Waals surface area contributed by atoms with E-state index in [4.69, 9.17) is 9.84 Å². The van der Waals surface area contributed by atoms with Crippen LogP contribution in [0.5, 0.6) is 5.75 Å². The zero-order chi connectivity index (χ0) is 16.2. The van der Waals surface area contributed by atoms with Gasteiger partial charge in [-0.15, -0.1) is 0 Å². The number of carbonyl (C=O) groups excluding carboxylic acids is 1. The molecule has 0 spiro atoms. The molecule has 4 N–H and O–H groups in total. The lowest BCUT2D eigenvalue weighted by molar-refractivity contribution is -0.146. The summed E-state index contributed by atoms with van der Waals surface area (Å²) in [5, 5.41) is 30.1. The Morgan fingerprint density at radius 3 is 2.43 bits per heavy atom. The van der Waals surface area contributed by atoms with Gasteiger partial charge in [-0.25, -0.2) is 9.59 Å². The first-order valence-corrected chi connectivity index (χ1v) is 6.31. The Balaban J connectivity index is 2.74. The largest absolute Gasteiger partial charge is 0.508 e. The number of carboxylic acid groups (broad SMARTS) is 1. The summed E-state index contributed by atoms with van der Waals surface area (Å²) in [4.78, 5) is 22.1. The molecule has 0 fully saturated rings. The summed E-state index contributed by atoms with van der Waals surface area (Å²) in [6.45, 7) is 5.17. The first kappa shape index (κ1) is 16.8. The van der Waals surface area contributed by atoms with E-state index >= 15 is 0 Å². The molecular formula is C14H19NO6. The Labute approximate surface area is 122 Å². The minimum atomic E-state index is -1.60. The molecule has 0 aromatic heterocycles. The van der Waals surface area contributed by atoms with E-state index in [9.17, 15) is 19.8 Å². The highest BCUT2D eigenvalue weighted by molar-refractivity contribution is 5.85. The van der Waals surface area contributed by atoms with E-state index < -0.39 is 23.8 Å². The normalized spacial score (nSPS) is 12.6. The monoisotopic (exact) mass is 297 g/mol. The first-order chi connectivity index (χ1) is 9.58. The zero-order valence-electron chi connectivity index (χ0n) is 12.1. The summed E-state index contributed by atoms with van der Waals surface area (Å²) < 4.78 is 5.06. The number of hydrogen-bond acceptors (Lipinski definition) is 5. The number of carboxylic acids is 1. The molecule has 1 aromatic rings. The average Bonchev–Trinajstić information content (AvgIpc) is 2.29. The number of nitrogens with one attached hydrogen (secondary N) is 1. The summed E-state index contributed by atoms with van der Waals surface area (Å²) >= 11 is 0. The van der Waals surface area contributed by atoms with Crippen molar-refractivity contribution in [1.82, 2.24) is 0 Å². The van der Waals surface area contributed by atoms with Gasteiger partial charge < -0.3 is 20.1 Å². The van der Waals surface area contributed by atoms with Crippen LogP contribution in [0.3, 0.4) is 0 Å². The van der Waals surface area contributed by atoms with Gasteiger partial charge in [-0.1, -0.05) is 6.07 Å². The number of aliphatic hydroxyl groups is 1. The molecule has 0 saturated heterocycles. The summed E-state index contributed by atoms with van der Waals surface area (Å²) in [6.07, 6.45) is -2.49. The highest BCUT2D eigenvalue weighted by Gasteiger charge is 2.18. The number of hydrogen-bond donors (Lipinski definition) is 4. The number of rotatable bonds is 4. The molecular weight excluding hydrogens is 278 g/mol. The molecule has 0 saturated carbocycles. The Kier molecular flexibility index (Phi) is 5.15. The number of phenols is 1. The van der Waals surface area contributed by atoms with Crippen LogP contribution in [-0.4, -0.2) is 39.1 Å². The van der Waals surface area contributed by atoms with Crippen molar-refractivity contribution in [3.05, 3.63) is 23.8 Å². The van der Waals surface area contributed by atoms with Crippen LogP contribution < -0.4 is 5.32 Å². The van der Waals surface area contributed by atoms with Crippen LogP contribution in [0.4, 0.5) is 10.5 Å². The van der Waals surface area contributed by atoms with Crippen LogP contribution in [0.1, 0.15) is 26.3 Å². The smallest absolute Gasteiger partial charge is 0.412 e. The number of phenolic OH excluding ortho intramolecular Hbond substituents is 1. The number of aliphatic carboxylic acids is 1. The van der Waals surface area contributed by atoms with Crippen molar-refractivity contribution in [2.45, 2.75) is 38.9 Å². The molecule has 7 nitrogen and oxygen atoms in total. The van der Waals surface area contributed by atoms with Gasteiger partial charge in [-0.3, -0.25) is 5.32 Å². The number of amides is 1. The topological polar surface area (TPSA) is 116 Å². The molecule has 1 amide bonds. The lowest BCUT2D eigenvalue weighted by atomic mass is 10.1. The summed E-state index contributed by atoms with van der Waals surface area (Å²) in [5.41, 5.74) is -0.0764. The van der Waals surface area contributed by atoms with Crippen LogP contribution >= 0.6 is 0 Å². The lowest BCUT2D eigenvalue weighted by Crippen LogP contribution is -2.27. The van der Waals surface area contributed by atoms with Crippen molar-refractivity contribution in [1.29, 1.82) is 0 Å². The standard InChI is InChI=1S/C14H19NO6/c1-14(2,3)21-13(20)15-9-5-4-8(10(16)7-9)6-11(17)12(18)19/h4-5,7,11,16-17H,6H2,1-3H3,(H,15,20)(H,18,19). The number of ether oxygens (including phenoxy) is 1. The van der Waals surface area contributed by atoms with Crippen LogP contribution in [0, 0.1) is 0 Å². The number of carbonyl (C=O) groups is 2. The van der Waals surface area contributed by atoms with E-state index in [0.29, 0.717) is 5.69 Å². The van der Waals surface area contributed by atoms with Crippen LogP contribution in [0.2, 0.25) is 0 Å². The molecule has 0 bridgehead atoms. The van der Waals surface area contributed by atoms with E-state index in [2.05, 4.69) is 5.32 Å². The molecule has 0 aliphatic carbocycles. The van der Waals surface area contributed by atoms with Gasteiger partial charge in [0.15, 0.2) is 6.10 Å². The first-order valence-electron chi connectivity index (χ1n) is 6.31. The minimum Gasteiger partial charge on any atom is -0.508 e. The Hall–Kier alpha value is -2.28. The fourth-order valence-electron chi connectivity index (χ4n) is 1.53. The predicted octanol–water partition coefficient (Wildman–Crippen LogP) is 1.73. The van der Waals surface area contributed by atoms with E-state index in [1.807, 2.05) is 0 Å². The Bertz CT molecular complexity index is 535. The molecule has 1 unspecified atom stereocenters. The summed E-state index contributed by atoms with van der Waals surface area (Å²) in [6, 6.07) is 4.16. The second-order valence-electron chi connectivity index (χ2n) is 5.53. The third-order valence-corrected chi connectivity index (χ3v) is 2.43. The molecule has 0 radical (unpaired) electrons. The van der Waals surface area contributed by atoms with E-state index in [-0.39, 0.29) is 17.7 Å². The fourth-order valence-corrected chi connectivity index (χ4v) is 1.53. The number of aliphatic hydroxyl groups excluding tert-OH is 1. The molecule has 1 aromatic carbocycles. The third kappa shape index (κ3) is 5.70. The van der Waals surface area contributed by atoms with Crippen molar-refractivity contribution in [3.8, 4) is 5.75 Å². The van der Waals surface area contributed by atoms with Gasteiger partial charge in [0.25, 0.3) is 0 Å². The Morgan fingerprint density at radius 1 is 1.33 bits per heavy atom. The van der Waals surface area contributed by atoms with Gasteiger partial charge in [0.1, 0.15) is 11.4 Å². The SMILES string of the molecule is CC(C)(C)OC(=O)Nc1ccc(CC(O)C(=O)O)c(O)c1. The minimum absolute atomic E-state index is 0.219. The van der Waals surface area contributed by atoms with Crippen molar-refractivity contribution >= 4 is 17.7 Å². The average molecular weight is 297 g/mol. The predicted molar refractivity (Wildman–Crippen MR) is 75.3 cm³/mol. The van der Waals surface area contributed by atoms with E-state index in [0.717, 1.165) is 0 Å². The molecule has 7 heteroatoms. The number of benzene rings is 1. The summed E-state index contributed by atoms with van der Waals surface area (Å²) in [7, 11) is 0. The van der Waals surface area contributed by atoms with Crippen molar-refractivity contribution in [2.75, 3.05) is 5.32 Å². The molecule has 0 heterocycles. The van der Waals surface area contributed by atoms with Crippen molar-refractivity contribution in [2.24, 2.45) is 0 Å². The van der Waals surface area contributed by atoms with E-state index in [1.54, 1.807) is 20.8 Å². The second-order valence-corrected chi connectivity index (χ2v) is 5.53. The molecule has 0 aliphatic rings. The van der Waals surface area contributed by atoms with Crippen LogP contribution in [0.25, 0.3) is 0 Å². The quantitative estimate of drug-likeness (QED) is 0.672. The van der Waals surface area contributed by atoms with Gasteiger partial charge >= 0.3 is 12.1 Å². The summed E-state index contributed by atoms with van der Waals surface area (Å²) in [5.74, 6) is -1.59. The molecule has 116 valence electrons. The van der Waals surface area contributed by atoms with Crippen molar-refractivity contribution < 1.29 is 29.6 Å². The van der Waals surface area contributed by atoms with Crippen molar-refractivity contribution in [3.63, 3.8) is 0 Å². The van der Waals surface area contributed by atoms with Gasteiger partial charge in [-0.05, 0) is 32.4 Å². The maximum Gasteiger partial charge on any atom is 0.412 e. The molecule has 0 aliphatic heterocycles. The number of aromatic hydroxyl groups is 1. The molecule has 21 heavy (non-hydrogen) atoms. The Morgan fingerprint density at radius 2 is 1.95 bits per heavy atom. The van der Waals surface area contributed by atoms with Gasteiger partial charge in [0.2, 0.25) is 0 Å². The second kappa shape index (κ2) is 6.45. The van der Waals surface area contributed by atoms with Gasteiger partial charge in [0, 0.05) is 18.2 Å². The fraction of sp³-hybridized carbons (Fsp3) is 0.429. The molecule has 1 rings (SSSR count). The highest BCUT2D eigenvalue weighted by Crippen LogP contribution is 2.24. The lowest BCUT2D eigenvalue weighted by Gasteiger charge is -2.19. The van der Waals surface area contributed by atoms with Gasteiger partial charge in [-0.2, -0.15) is 0 Å². The maximum absolute atomic E-state index is 11.6.